The second-order valence-corrected chi connectivity index (χ2v) is 6.12. The molecule has 20 heavy (non-hydrogen) atoms. The van der Waals surface area contributed by atoms with Crippen molar-refractivity contribution in [2.45, 2.75) is 10.2 Å². The predicted molar refractivity (Wildman–Crippen MR) is 85.8 cm³/mol. The molecule has 0 spiro atoms. The summed E-state index contributed by atoms with van der Waals surface area (Å²) in [6, 6.07) is 18.2. The molecule has 1 aliphatic rings. The molecule has 2 atom stereocenters. The first-order valence-electron chi connectivity index (χ1n) is 6.30. The molecule has 0 aliphatic heterocycles. The molecular formula is C17H11BrClN. The van der Waals surface area contributed by atoms with Gasteiger partial charge in [0.15, 0.2) is 0 Å². The van der Waals surface area contributed by atoms with E-state index in [-0.39, 0.29) is 10.2 Å². The molecule has 0 N–H and O–H groups in total. The summed E-state index contributed by atoms with van der Waals surface area (Å²) >= 11 is 10.3. The van der Waals surface area contributed by atoms with E-state index in [9.17, 15) is 0 Å². The summed E-state index contributed by atoms with van der Waals surface area (Å²) in [5.74, 6) is 0. The third-order valence-electron chi connectivity index (χ3n) is 3.56. The Bertz CT molecular complexity index is 676. The van der Waals surface area contributed by atoms with Gasteiger partial charge in [0.05, 0.1) is 16.3 Å². The molecule has 0 saturated heterocycles. The molecule has 0 radical (unpaired) electrons. The maximum atomic E-state index is 9.12. The molecular weight excluding hydrogens is 334 g/mol. The number of nitriles is 1. The van der Waals surface area contributed by atoms with Crippen LogP contribution in [-0.4, -0.2) is 0 Å². The van der Waals surface area contributed by atoms with Crippen molar-refractivity contribution < 1.29 is 0 Å². The number of hydrogen-bond donors (Lipinski definition) is 0. The van der Waals surface area contributed by atoms with Gasteiger partial charge in [0.2, 0.25) is 0 Å². The van der Waals surface area contributed by atoms with Crippen LogP contribution in [0.5, 0.6) is 0 Å². The monoisotopic (exact) mass is 343 g/mol. The van der Waals surface area contributed by atoms with E-state index in [1.165, 1.54) is 0 Å². The fourth-order valence-electron chi connectivity index (χ4n) is 2.65. The van der Waals surface area contributed by atoms with Gasteiger partial charge in [0.1, 0.15) is 0 Å². The molecule has 2 aromatic rings. The van der Waals surface area contributed by atoms with Crippen molar-refractivity contribution in [1.82, 2.24) is 0 Å². The van der Waals surface area contributed by atoms with Crippen molar-refractivity contribution in [2.75, 3.05) is 0 Å². The fraction of sp³-hybridized carbons (Fsp3) is 0.118. The van der Waals surface area contributed by atoms with Gasteiger partial charge in [-0.05, 0) is 27.8 Å². The Morgan fingerprint density at radius 3 is 2.20 bits per heavy atom. The van der Waals surface area contributed by atoms with Gasteiger partial charge in [-0.25, -0.2) is 0 Å². The minimum atomic E-state index is -0.169. The summed E-state index contributed by atoms with van der Waals surface area (Å²) in [6.07, 6.45) is 1.60. The SMILES string of the molecule is N#CC=C1c2ccccc2C(Cl)C(Br)c2ccccc21. The first kappa shape index (κ1) is 13.4. The lowest BCUT2D eigenvalue weighted by Crippen LogP contribution is -1.99. The third-order valence-corrected chi connectivity index (χ3v) is 5.38. The van der Waals surface area contributed by atoms with Crippen molar-refractivity contribution in [3.05, 3.63) is 76.9 Å². The van der Waals surface area contributed by atoms with Crippen molar-refractivity contribution in [1.29, 1.82) is 5.26 Å². The topological polar surface area (TPSA) is 23.8 Å². The van der Waals surface area contributed by atoms with Crippen LogP contribution < -0.4 is 0 Å². The van der Waals surface area contributed by atoms with Gasteiger partial charge in [0.25, 0.3) is 0 Å². The molecule has 0 bridgehead atoms. The number of rotatable bonds is 0. The highest BCUT2D eigenvalue weighted by molar-refractivity contribution is 9.09. The van der Waals surface area contributed by atoms with E-state index in [0.29, 0.717) is 0 Å². The molecule has 3 heteroatoms. The van der Waals surface area contributed by atoms with Gasteiger partial charge in [-0.1, -0.05) is 64.5 Å². The quantitative estimate of drug-likeness (QED) is 0.465. The zero-order chi connectivity index (χ0) is 14.1. The zero-order valence-electron chi connectivity index (χ0n) is 10.6. The van der Waals surface area contributed by atoms with E-state index in [1.807, 2.05) is 42.5 Å². The van der Waals surface area contributed by atoms with Crippen molar-refractivity contribution >= 4 is 33.1 Å². The minimum Gasteiger partial charge on any atom is -0.193 e. The van der Waals surface area contributed by atoms with Gasteiger partial charge in [0, 0.05) is 6.08 Å². The minimum absolute atomic E-state index is 0.0195. The van der Waals surface area contributed by atoms with Crippen LogP contribution in [0.2, 0.25) is 0 Å². The van der Waals surface area contributed by atoms with Crippen LogP contribution in [-0.2, 0) is 0 Å². The first-order valence-corrected chi connectivity index (χ1v) is 7.65. The van der Waals surface area contributed by atoms with Crippen LogP contribution in [0.1, 0.15) is 32.5 Å². The van der Waals surface area contributed by atoms with Gasteiger partial charge in [-0.2, -0.15) is 5.26 Å². The Morgan fingerprint density at radius 2 is 1.55 bits per heavy atom. The lowest BCUT2D eigenvalue weighted by molar-refractivity contribution is 0.914. The van der Waals surface area contributed by atoms with Crippen LogP contribution >= 0.6 is 27.5 Å². The highest BCUT2D eigenvalue weighted by Crippen LogP contribution is 2.49. The van der Waals surface area contributed by atoms with Gasteiger partial charge in [-0.3, -0.25) is 0 Å². The van der Waals surface area contributed by atoms with E-state index in [2.05, 4.69) is 28.1 Å². The Kier molecular flexibility index (Phi) is 3.65. The Labute approximate surface area is 131 Å². The maximum absolute atomic E-state index is 9.12. The number of nitrogens with zero attached hydrogens (tertiary/aromatic N) is 1. The standard InChI is InChI=1S/C17H11BrClN/c18-16-14-7-3-1-5-11(14)13(9-10-20)12-6-2-4-8-15(12)17(16)19/h1-9,16-17H. The summed E-state index contributed by atoms with van der Waals surface area (Å²) in [7, 11) is 0. The maximum Gasteiger partial charge on any atom is 0.0918 e. The van der Waals surface area contributed by atoms with Gasteiger partial charge in [-0.15, -0.1) is 11.6 Å². The van der Waals surface area contributed by atoms with E-state index >= 15 is 0 Å². The number of benzene rings is 2. The molecule has 2 aromatic carbocycles. The molecule has 0 fully saturated rings. The molecule has 2 unspecified atom stereocenters. The number of halogens is 2. The zero-order valence-corrected chi connectivity index (χ0v) is 12.9. The fourth-order valence-corrected chi connectivity index (χ4v) is 3.66. The van der Waals surface area contributed by atoms with E-state index < -0.39 is 0 Å². The average molecular weight is 345 g/mol. The third kappa shape index (κ3) is 2.08. The molecule has 98 valence electrons. The molecule has 0 heterocycles. The summed E-state index contributed by atoms with van der Waals surface area (Å²) < 4.78 is 0. The Balaban J connectivity index is 2.38. The molecule has 0 saturated carbocycles. The molecule has 3 rings (SSSR count). The van der Waals surface area contributed by atoms with Crippen LogP contribution in [0, 0.1) is 11.3 Å². The highest BCUT2D eigenvalue weighted by Gasteiger charge is 2.30. The molecule has 0 aromatic heterocycles. The molecule has 1 nitrogen and oxygen atoms in total. The smallest absolute Gasteiger partial charge is 0.0918 e. The lowest BCUT2D eigenvalue weighted by atomic mass is 9.94. The number of hydrogen-bond acceptors (Lipinski definition) is 1. The number of alkyl halides is 2. The van der Waals surface area contributed by atoms with Crippen LogP contribution in [0.3, 0.4) is 0 Å². The van der Waals surface area contributed by atoms with Crippen molar-refractivity contribution in [3.63, 3.8) is 0 Å². The highest BCUT2D eigenvalue weighted by atomic mass is 79.9. The second kappa shape index (κ2) is 5.44. The summed E-state index contributed by atoms with van der Waals surface area (Å²) in [4.78, 5) is 0.0195. The average Bonchev–Trinajstić information content (AvgIpc) is 2.58. The Hall–Kier alpha value is -1.56. The van der Waals surface area contributed by atoms with Crippen LogP contribution in [0.4, 0.5) is 0 Å². The van der Waals surface area contributed by atoms with E-state index in [1.54, 1.807) is 6.08 Å². The van der Waals surface area contributed by atoms with Crippen LogP contribution in [0.15, 0.2) is 54.6 Å². The van der Waals surface area contributed by atoms with Crippen LogP contribution in [0.25, 0.3) is 5.57 Å². The van der Waals surface area contributed by atoms with E-state index in [0.717, 1.165) is 27.8 Å². The Morgan fingerprint density at radius 1 is 1.00 bits per heavy atom. The summed E-state index contributed by atoms with van der Waals surface area (Å²) in [5, 5.41) is 8.95. The van der Waals surface area contributed by atoms with Gasteiger partial charge < -0.3 is 0 Å². The summed E-state index contributed by atoms with van der Waals surface area (Å²) in [5.41, 5.74) is 5.19. The molecule has 0 amide bonds. The lowest BCUT2D eigenvalue weighted by Gasteiger charge is -2.16. The predicted octanol–water partition coefficient (Wildman–Crippen LogP) is 5.37. The van der Waals surface area contributed by atoms with Crippen molar-refractivity contribution in [3.8, 4) is 6.07 Å². The normalized spacial score (nSPS) is 22.6. The number of allylic oxidation sites excluding steroid dienone is 1. The molecule has 1 aliphatic carbocycles. The van der Waals surface area contributed by atoms with E-state index in [4.69, 9.17) is 16.9 Å². The largest absolute Gasteiger partial charge is 0.193 e. The van der Waals surface area contributed by atoms with Gasteiger partial charge >= 0.3 is 0 Å². The summed E-state index contributed by atoms with van der Waals surface area (Å²) in [6.45, 7) is 0. The van der Waals surface area contributed by atoms with Crippen molar-refractivity contribution in [2.24, 2.45) is 0 Å². The second-order valence-electron chi connectivity index (χ2n) is 4.67. The first-order chi connectivity index (χ1) is 9.74. The number of fused-ring (bicyclic) bond motifs is 2.